The van der Waals surface area contributed by atoms with Gasteiger partial charge in [0.05, 0.1) is 0 Å². The normalized spacial score (nSPS) is 11.7. The number of carboxylic acid groups (broad SMARTS) is 1. The third-order valence-electron chi connectivity index (χ3n) is 3.21. The lowest BCUT2D eigenvalue weighted by Crippen LogP contribution is -2.32. The SMILES string of the molecule is Cc1ccc(C(NC(=O)O)C(=O)c2ccc(O)cc2)cc1F. The summed E-state index contributed by atoms with van der Waals surface area (Å²) < 4.78 is 13.7. The van der Waals surface area contributed by atoms with Crippen LogP contribution in [-0.4, -0.2) is 22.1 Å². The molecule has 5 nitrogen and oxygen atoms in total. The van der Waals surface area contributed by atoms with Gasteiger partial charge in [0.2, 0.25) is 0 Å². The summed E-state index contributed by atoms with van der Waals surface area (Å²) >= 11 is 0. The maximum Gasteiger partial charge on any atom is 0.405 e. The van der Waals surface area contributed by atoms with Crippen molar-refractivity contribution in [1.82, 2.24) is 5.32 Å². The Balaban J connectivity index is 2.40. The third kappa shape index (κ3) is 3.41. The number of carbonyl (C=O) groups excluding carboxylic acids is 1. The first-order chi connectivity index (χ1) is 10.4. The van der Waals surface area contributed by atoms with Crippen LogP contribution in [-0.2, 0) is 0 Å². The summed E-state index contributed by atoms with van der Waals surface area (Å²) in [5, 5.41) is 20.2. The monoisotopic (exact) mass is 303 g/mol. The van der Waals surface area contributed by atoms with Crippen LogP contribution in [0.25, 0.3) is 0 Å². The molecule has 1 amide bonds. The van der Waals surface area contributed by atoms with E-state index in [0.29, 0.717) is 5.56 Å². The molecule has 0 heterocycles. The largest absolute Gasteiger partial charge is 0.508 e. The first-order valence-corrected chi connectivity index (χ1v) is 6.47. The molecular weight excluding hydrogens is 289 g/mol. The van der Waals surface area contributed by atoms with Gasteiger partial charge in [-0.25, -0.2) is 9.18 Å². The second-order valence-corrected chi connectivity index (χ2v) is 4.80. The predicted molar refractivity (Wildman–Crippen MR) is 77.5 cm³/mol. The van der Waals surface area contributed by atoms with Crippen molar-refractivity contribution >= 4 is 11.9 Å². The van der Waals surface area contributed by atoms with E-state index >= 15 is 0 Å². The Kier molecular flexibility index (Phi) is 4.41. The van der Waals surface area contributed by atoms with Crippen LogP contribution in [0.5, 0.6) is 5.75 Å². The molecule has 2 aromatic rings. The zero-order chi connectivity index (χ0) is 16.3. The van der Waals surface area contributed by atoms with Crippen LogP contribution in [0.4, 0.5) is 9.18 Å². The van der Waals surface area contributed by atoms with E-state index in [-0.39, 0.29) is 16.9 Å². The number of Topliss-reactive ketones (excluding diaryl/α,β-unsaturated/α-hetero) is 1. The number of phenols is 1. The molecule has 2 rings (SSSR count). The standard InChI is InChI=1S/C16H14FNO4/c1-9-2-3-11(8-13(9)17)14(18-16(21)22)15(20)10-4-6-12(19)7-5-10/h2-8,14,18-19H,1H3,(H,21,22). The van der Waals surface area contributed by atoms with Crippen LogP contribution in [0.3, 0.4) is 0 Å². The minimum Gasteiger partial charge on any atom is -0.508 e. The molecule has 0 aliphatic carbocycles. The topological polar surface area (TPSA) is 86.6 Å². The summed E-state index contributed by atoms with van der Waals surface area (Å²) in [6.07, 6.45) is -1.39. The number of benzene rings is 2. The number of ketones is 1. The van der Waals surface area contributed by atoms with Gasteiger partial charge in [0, 0.05) is 5.56 Å². The molecule has 0 aromatic heterocycles. The number of aromatic hydroxyl groups is 1. The highest BCUT2D eigenvalue weighted by Gasteiger charge is 2.24. The highest BCUT2D eigenvalue weighted by Crippen LogP contribution is 2.22. The van der Waals surface area contributed by atoms with Crippen molar-refractivity contribution in [3.05, 3.63) is 65.0 Å². The zero-order valence-electron chi connectivity index (χ0n) is 11.7. The van der Waals surface area contributed by atoms with Crippen LogP contribution in [0.1, 0.15) is 27.5 Å². The van der Waals surface area contributed by atoms with Crippen molar-refractivity contribution in [3.63, 3.8) is 0 Å². The lowest BCUT2D eigenvalue weighted by Gasteiger charge is -2.17. The minimum absolute atomic E-state index is 0.0133. The van der Waals surface area contributed by atoms with Gasteiger partial charge >= 0.3 is 6.09 Å². The molecule has 0 bridgehead atoms. The molecule has 0 aliphatic rings. The van der Waals surface area contributed by atoms with Gasteiger partial charge in [-0.3, -0.25) is 4.79 Å². The Morgan fingerprint density at radius 3 is 2.32 bits per heavy atom. The van der Waals surface area contributed by atoms with Crippen LogP contribution < -0.4 is 5.32 Å². The average molecular weight is 303 g/mol. The fourth-order valence-electron chi connectivity index (χ4n) is 2.00. The number of hydrogen-bond acceptors (Lipinski definition) is 3. The van der Waals surface area contributed by atoms with Gasteiger partial charge in [-0.1, -0.05) is 12.1 Å². The summed E-state index contributed by atoms with van der Waals surface area (Å²) in [4.78, 5) is 23.4. The summed E-state index contributed by atoms with van der Waals surface area (Å²) in [5.41, 5.74) is 0.816. The molecular formula is C16H14FNO4. The van der Waals surface area contributed by atoms with Crippen LogP contribution in [0, 0.1) is 12.7 Å². The quantitative estimate of drug-likeness (QED) is 0.758. The predicted octanol–water partition coefficient (Wildman–Crippen LogP) is 3.03. The van der Waals surface area contributed by atoms with E-state index in [0.717, 1.165) is 6.07 Å². The summed E-state index contributed by atoms with van der Waals surface area (Å²) in [5.74, 6) is -1.07. The number of nitrogens with one attached hydrogen (secondary N) is 1. The molecule has 1 unspecified atom stereocenters. The average Bonchev–Trinajstić information content (AvgIpc) is 2.48. The number of halogens is 1. The van der Waals surface area contributed by atoms with E-state index in [9.17, 15) is 19.1 Å². The van der Waals surface area contributed by atoms with Gasteiger partial charge in [-0.2, -0.15) is 0 Å². The molecule has 0 saturated heterocycles. The molecule has 0 spiro atoms. The molecule has 0 fully saturated rings. The van der Waals surface area contributed by atoms with E-state index in [4.69, 9.17) is 5.11 Å². The Hall–Kier alpha value is -2.89. The first kappa shape index (κ1) is 15.5. The van der Waals surface area contributed by atoms with E-state index < -0.39 is 23.7 Å². The molecule has 2 aromatic carbocycles. The van der Waals surface area contributed by atoms with Crippen molar-refractivity contribution in [2.75, 3.05) is 0 Å². The van der Waals surface area contributed by atoms with Gasteiger partial charge in [0.1, 0.15) is 17.6 Å². The van der Waals surface area contributed by atoms with Gasteiger partial charge in [-0.05, 0) is 48.4 Å². The number of carbonyl (C=O) groups is 2. The lowest BCUT2D eigenvalue weighted by atomic mass is 9.96. The fourth-order valence-corrected chi connectivity index (χ4v) is 2.00. The van der Waals surface area contributed by atoms with E-state index in [1.807, 2.05) is 0 Å². The molecule has 1 atom stereocenters. The molecule has 0 radical (unpaired) electrons. The number of aryl methyl sites for hydroxylation is 1. The smallest absolute Gasteiger partial charge is 0.405 e. The summed E-state index contributed by atoms with van der Waals surface area (Å²) in [6, 6.07) is 8.27. The Morgan fingerprint density at radius 1 is 1.14 bits per heavy atom. The second kappa shape index (κ2) is 6.26. The maximum absolute atomic E-state index is 13.7. The molecule has 3 N–H and O–H groups in total. The van der Waals surface area contributed by atoms with E-state index in [2.05, 4.69) is 5.32 Å². The number of phenolic OH excluding ortho intramolecular Hbond substituents is 1. The molecule has 0 saturated carbocycles. The highest BCUT2D eigenvalue weighted by molar-refractivity contribution is 6.02. The molecule has 6 heteroatoms. The minimum atomic E-state index is -1.39. The number of amides is 1. The summed E-state index contributed by atoms with van der Waals surface area (Å²) in [6.45, 7) is 1.57. The number of hydrogen-bond donors (Lipinski definition) is 3. The lowest BCUT2D eigenvalue weighted by molar-refractivity contribution is 0.0936. The van der Waals surface area contributed by atoms with Crippen LogP contribution in [0.2, 0.25) is 0 Å². The molecule has 22 heavy (non-hydrogen) atoms. The third-order valence-corrected chi connectivity index (χ3v) is 3.21. The Morgan fingerprint density at radius 2 is 1.77 bits per heavy atom. The van der Waals surface area contributed by atoms with Crippen molar-refractivity contribution in [3.8, 4) is 5.75 Å². The molecule has 0 aliphatic heterocycles. The van der Waals surface area contributed by atoms with Crippen molar-refractivity contribution < 1.29 is 24.2 Å². The summed E-state index contributed by atoms with van der Waals surface area (Å²) in [7, 11) is 0. The zero-order valence-corrected chi connectivity index (χ0v) is 11.7. The van der Waals surface area contributed by atoms with E-state index in [1.54, 1.807) is 6.92 Å². The van der Waals surface area contributed by atoms with Gasteiger partial charge < -0.3 is 15.5 Å². The molecule has 114 valence electrons. The highest BCUT2D eigenvalue weighted by atomic mass is 19.1. The van der Waals surface area contributed by atoms with Gasteiger partial charge in [0.25, 0.3) is 0 Å². The Bertz CT molecular complexity index is 713. The van der Waals surface area contributed by atoms with Crippen molar-refractivity contribution in [2.45, 2.75) is 13.0 Å². The van der Waals surface area contributed by atoms with Gasteiger partial charge in [0.15, 0.2) is 5.78 Å². The van der Waals surface area contributed by atoms with Crippen molar-refractivity contribution in [1.29, 1.82) is 0 Å². The van der Waals surface area contributed by atoms with Crippen molar-refractivity contribution in [2.24, 2.45) is 0 Å². The maximum atomic E-state index is 13.7. The van der Waals surface area contributed by atoms with Crippen LogP contribution >= 0.6 is 0 Å². The van der Waals surface area contributed by atoms with Gasteiger partial charge in [-0.15, -0.1) is 0 Å². The second-order valence-electron chi connectivity index (χ2n) is 4.80. The first-order valence-electron chi connectivity index (χ1n) is 6.47. The van der Waals surface area contributed by atoms with Crippen LogP contribution in [0.15, 0.2) is 42.5 Å². The fraction of sp³-hybridized carbons (Fsp3) is 0.125. The number of rotatable bonds is 4. The Labute approximate surface area is 126 Å². The van der Waals surface area contributed by atoms with E-state index in [1.165, 1.54) is 36.4 Å².